The summed E-state index contributed by atoms with van der Waals surface area (Å²) < 4.78 is 14.0. The molecule has 0 aliphatic carbocycles. The van der Waals surface area contributed by atoms with Crippen LogP contribution < -0.4 is 5.32 Å². The zero-order chi connectivity index (χ0) is 22.3. The molecule has 0 aliphatic heterocycles. The summed E-state index contributed by atoms with van der Waals surface area (Å²) in [5, 5.41) is 1.89. The first-order valence-corrected chi connectivity index (χ1v) is 9.93. The van der Waals surface area contributed by atoms with Crippen molar-refractivity contribution in [3.63, 3.8) is 0 Å². The van der Waals surface area contributed by atoms with Gasteiger partial charge in [0.15, 0.2) is 0 Å². The molecule has 0 heterocycles. The number of nitrogens with one attached hydrogen (secondary N) is 1. The van der Waals surface area contributed by atoms with Crippen LogP contribution in [-0.4, -0.2) is 46.8 Å². The SMILES string of the molecule is CC(C)OC(=O)[C@H](NC(=O)C(C)C)C(C)(C)SC(=O)OCOC(=O)C(C)(C)C. The van der Waals surface area contributed by atoms with Crippen molar-refractivity contribution in [3.05, 3.63) is 0 Å². The van der Waals surface area contributed by atoms with Gasteiger partial charge in [-0.05, 0) is 60.2 Å². The maximum absolute atomic E-state index is 12.5. The van der Waals surface area contributed by atoms with E-state index in [1.807, 2.05) is 0 Å². The van der Waals surface area contributed by atoms with E-state index in [0.29, 0.717) is 11.8 Å². The average molecular weight is 420 g/mol. The van der Waals surface area contributed by atoms with Crippen LogP contribution in [0.4, 0.5) is 4.79 Å². The number of ether oxygens (including phenoxy) is 3. The third-order valence-electron chi connectivity index (χ3n) is 3.42. The Bertz CT molecular complexity index is 579. The predicted octanol–water partition coefficient (Wildman–Crippen LogP) is 3.27. The molecular weight excluding hydrogens is 386 g/mol. The van der Waals surface area contributed by atoms with E-state index in [4.69, 9.17) is 14.2 Å². The number of hydrogen-bond donors (Lipinski definition) is 1. The number of amides is 1. The molecule has 0 aromatic carbocycles. The summed E-state index contributed by atoms with van der Waals surface area (Å²) >= 11 is 0.710. The van der Waals surface area contributed by atoms with Crippen molar-refractivity contribution in [1.82, 2.24) is 5.32 Å². The summed E-state index contributed by atoms with van der Waals surface area (Å²) in [5.41, 5.74) is -0.717. The van der Waals surface area contributed by atoms with E-state index in [2.05, 4.69) is 5.32 Å². The first-order chi connectivity index (χ1) is 12.6. The molecule has 0 aromatic rings. The van der Waals surface area contributed by atoms with Crippen molar-refractivity contribution < 1.29 is 33.4 Å². The molecule has 1 amide bonds. The van der Waals surface area contributed by atoms with Crippen molar-refractivity contribution in [2.75, 3.05) is 6.79 Å². The van der Waals surface area contributed by atoms with Gasteiger partial charge in [0.05, 0.1) is 16.3 Å². The second-order valence-electron chi connectivity index (χ2n) is 8.48. The molecule has 0 aromatic heterocycles. The van der Waals surface area contributed by atoms with Crippen LogP contribution in [0.2, 0.25) is 0 Å². The highest BCUT2D eigenvalue weighted by Crippen LogP contribution is 2.31. The van der Waals surface area contributed by atoms with Gasteiger partial charge in [-0.3, -0.25) is 9.59 Å². The van der Waals surface area contributed by atoms with Gasteiger partial charge in [-0.15, -0.1) is 0 Å². The standard InChI is InChI=1S/C19H33NO7S/c1-11(2)14(21)20-13(15(22)27-12(3)4)19(8,9)28-17(24)26-10-25-16(23)18(5,6)7/h11-13H,10H2,1-9H3,(H,20,21)/t13-/m0/s1. The molecule has 28 heavy (non-hydrogen) atoms. The Kier molecular flexibility index (Phi) is 10.0. The van der Waals surface area contributed by atoms with Crippen molar-refractivity contribution >= 4 is 34.9 Å². The number of esters is 2. The van der Waals surface area contributed by atoms with Gasteiger partial charge in [-0.2, -0.15) is 0 Å². The Morgan fingerprint density at radius 1 is 0.929 bits per heavy atom. The minimum Gasteiger partial charge on any atom is -0.461 e. The maximum atomic E-state index is 12.5. The molecule has 0 spiro atoms. The Balaban J connectivity index is 5.06. The third kappa shape index (κ3) is 9.43. The number of rotatable bonds is 8. The lowest BCUT2D eigenvalue weighted by Crippen LogP contribution is -2.54. The normalized spacial score (nSPS) is 13.1. The second-order valence-corrected chi connectivity index (χ2v) is 10.1. The minimum absolute atomic E-state index is 0.341. The number of hydrogen-bond acceptors (Lipinski definition) is 8. The van der Waals surface area contributed by atoms with Gasteiger partial charge in [0.1, 0.15) is 6.04 Å². The molecule has 1 atom stereocenters. The van der Waals surface area contributed by atoms with Crippen molar-refractivity contribution in [3.8, 4) is 0 Å². The fraction of sp³-hybridized carbons (Fsp3) is 0.789. The first kappa shape index (κ1) is 26.2. The second kappa shape index (κ2) is 10.7. The van der Waals surface area contributed by atoms with E-state index >= 15 is 0 Å². The zero-order valence-corrected chi connectivity index (χ0v) is 19.0. The Labute approximate surface area is 171 Å². The van der Waals surface area contributed by atoms with Crippen LogP contribution in [0.25, 0.3) is 0 Å². The summed E-state index contributed by atoms with van der Waals surface area (Å²) in [4.78, 5) is 48.4. The number of thioether (sulfide) groups is 1. The van der Waals surface area contributed by atoms with Gasteiger partial charge in [0.25, 0.3) is 0 Å². The molecule has 0 unspecified atom stereocenters. The van der Waals surface area contributed by atoms with Crippen LogP contribution in [-0.2, 0) is 28.6 Å². The van der Waals surface area contributed by atoms with Crippen LogP contribution in [0.1, 0.15) is 62.3 Å². The highest BCUT2D eigenvalue weighted by Gasteiger charge is 2.41. The summed E-state index contributed by atoms with van der Waals surface area (Å²) in [6.45, 7) is 14.5. The lowest BCUT2D eigenvalue weighted by Gasteiger charge is -2.32. The molecule has 0 rings (SSSR count). The van der Waals surface area contributed by atoms with Crippen molar-refractivity contribution in [1.29, 1.82) is 0 Å². The zero-order valence-electron chi connectivity index (χ0n) is 18.2. The van der Waals surface area contributed by atoms with E-state index < -0.39 is 40.2 Å². The molecular formula is C19H33NO7S. The monoisotopic (exact) mass is 419 g/mol. The molecule has 0 saturated heterocycles. The van der Waals surface area contributed by atoms with Gasteiger partial charge in [0.2, 0.25) is 12.7 Å². The fourth-order valence-electron chi connectivity index (χ4n) is 1.78. The Hall–Kier alpha value is -1.77. The summed E-state index contributed by atoms with van der Waals surface area (Å²) in [6, 6.07) is -1.07. The number of carbonyl (C=O) groups is 4. The van der Waals surface area contributed by atoms with Crippen LogP contribution in [0.3, 0.4) is 0 Å². The molecule has 0 bridgehead atoms. The highest BCUT2D eigenvalue weighted by atomic mass is 32.2. The minimum atomic E-state index is -1.07. The molecule has 0 saturated carbocycles. The van der Waals surface area contributed by atoms with Gasteiger partial charge in [-0.1, -0.05) is 13.8 Å². The average Bonchev–Trinajstić information content (AvgIpc) is 2.49. The lowest BCUT2D eigenvalue weighted by molar-refractivity contribution is -0.160. The third-order valence-corrected chi connectivity index (χ3v) is 4.47. The van der Waals surface area contributed by atoms with E-state index in [1.165, 1.54) is 0 Å². The van der Waals surface area contributed by atoms with Gasteiger partial charge in [0, 0.05) is 5.92 Å². The van der Waals surface area contributed by atoms with E-state index in [9.17, 15) is 19.2 Å². The van der Waals surface area contributed by atoms with Crippen LogP contribution >= 0.6 is 11.8 Å². The number of carbonyl (C=O) groups excluding carboxylic acids is 4. The van der Waals surface area contributed by atoms with Crippen molar-refractivity contribution in [2.45, 2.75) is 79.2 Å². The molecule has 9 heteroatoms. The molecule has 8 nitrogen and oxygen atoms in total. The summed E-state index contributed by atoms with van der Waals surface area (Å²) in [6.07, 6.45) is -0.379. The maximum Gasteiger partial charge on any atom is 0.370 e. The van der Waals surface area contributed by atoms with Gasteiger partial charge in [-0.25, -0.2) is 9.59 Å². The van der Waals surface area contributed by atoms with Crippen molar-refractivity contribution in [2.24, 2.45) is 11.3 Å². The topological polar surface area (TPSA) is 108 Å². The fourth-order valence-corrected chi connectivity index (χ4v) is 2.59. The molecule has 0 aliphatic rings. The quantitative estimate of drug-likeness (QED) is 0.472. The Morgan fingerprint density at radius 3 is 1.89 bits per heavy atom. The lowest BCUT2D eigenvalue weighted by atomic mass is 9.98. The van der Waals surface area contributed by atoms with E-state index in [1.54, 1.807) is 62.3 Å². The van der Waals surface area contributed by atoms with Gasteiger partial charge < -0.3 is 19.5 Å². The molecule has 1 N–H and O–H groups in total. The highest BCUT2D eigenvalue weighted by molar-refractivity contribution is 8.14. The predicted molar refractivity (Wildman–Crippen MR) is 107 cm³/mol. The van der Waals surface area contributed by atoms with E-state index in [0.717, 1.165) is 0 Å². The molecule has 0 radical (unpaired) electrons. The van der Waals surface area contributed by atoms with Crippen LogP contribution in [0, 0.1) is 11.3 Å². The molecule has 162 valence electrons. The summed E-state index contributed by atoms with van der Waals surface area (Å²) in [7, 11) is 0. The largest absolute Gasteiger partial charge is 0.461 e. The molecule has 0 fully saturated rings. The van der Waals surface area contributed by atoms with Crippen LogP contribution in [0.15, 0.2) is 0 Å². The first-order valence-electron chi connectivity index (χ1n) is 9.11. The van der Waals surface area contributed by atoms with E-state index in [-0.39, 0.29) is 17.9 Å². The van der Waals surface area contributed by atoms with Gasteiger partial charge >= 0.3 is 17.2 Å². The Morgan fingerprint density at radius 2 is 1.46 bits per heavy atom. The van der Waals surface area contributed by atoms with Crippen LogP contribution in [0.5, 0.6) is 0 Å². The smallest absolute Gasteiger partial charge is 0.370 e. The summed E-state index contributed by atoms with van der Waals surface area (Å²) in [5.74, 6) is -1.84.